The Kier molecular flexibility index (Phi) is 26.6. The highest BCUT2D eigenvalue weighted by Crippen LogP contribution is 2.33. The highest BCUT2D eigenvalue weighted by molar-refractivity contribution is 7.13. The molecule has 4 N–H and O–H groups in total. The van der Waals surface area contributed by atoms with Gasteiger partial charge in [-0.2, -0.15) is 0 Å². The van der Waals surface area contributed by atoms with Crippen LogP contribution in [0.5, 0.6) is 0 Å². The molecule has 2 saturated heterocycles. The number of anilines is 1. The molecule has 0 bridgehead atoms. The van der Waals surface area contributed by atoms with Gasteiger partial charge in [-0.25, -0.2) is 19.6 Å². The van der Waals surface area contributed by atoms with Gasteiger partial charge in [0.05, 0.1) is 105 Å². The van der Waals surface area contributed by atoms with Gasteiger partial charge in [0.2, 0.25) is 17.7 Å². The highest BCUT2D eigenvalue weighted by atomic mass is 35.5. The second-order valence-corrected chi connectivity index (χ2v) is 26.4. The lowest BCUT2D eigenvalue weighted by Gasteiger charge is -2.39. The van der Waals surface area contributed by atoms with E-state index in [-0.39, 0.29) is 43.8 Å². The first-order valence-corrected chi connectivity index (χ1v) is 33.6. The Balaban J connectivity index is 0.574. The van der Waals surface area contributed by atoms with E-state index in [1.54, 1.807) is 16.0 Å². The summed E-state index contributed by atoms with van der Waals surface area (Å²) in [4.78, 5) is 65.0. The molecule has 3 atom stereocenters. The summed E-state index contributed by atoms with van der Waals surface area (Å²) in [6, 6.07) is 30.8. The van der Waals surface area contributed by atoms with E-state index in [4.69, 9.17) is 52.1 Å². The van der Waals surface area contributed by atoms with Gasteiger partial charge >= 0.3 is 0 Å². The smallest absolute Gasteiger partial charge is 0.246 e. The number of β-amino-alcohol motifs (C(OH)–C–C–N with tert-alkyl or cyclic N) is 1. The van der Waals surface area contributed by atoms with E-state index in [1.807, 2.05) is 100 Å². The monoisotopic (exact) mass is 1320 g/mol. The number of fused-ring (bicyclic) bond motifs is 1. The molecule has 2 aliphatic heterocycles. The lowest BCUT2D eigenvalue weighted by Crippen LogP contribution is -2.57. The van der Waals surface area contributed by atoms with Crippen molar-refractivity contribution in [2.24, 2.45) is 5.41 Å². The fraction of sp³-hybridized carbons (Fsp3) is 0.500. The Morgan fingerprint density at radius 1 is 0.793 bits per heavy atom. The third kappa shape index (κ3) is 21.0. The number of benzene rings is 4. The molecule has 92 heavy (non-hydrogen) atoms. The number of nitrogens with one attached hydrogen (secondary N) is 3. The van der Waals surface area contributed by atoms with Crippen LogP contribution >= 0.6 is 34.5 Å². The van der Waals surface area contributed by atoms with E-state index < -0.39 is 29.5 Å². The summed E-state index contributed by atoms with van der Waals surface area (Å²) in [5.74, 6) is 0.645. The number of ether oxygens (including phenoxy) is 4. The zero-order valence-electron chi connectivity index (χ0n) is 53.6. The lowest BCUT2D eigenvalue weighted by atomic mass is 9.85. The minimum Gasteiger partial charge on any atom is -0.391 e. The third-order valence-corrected chi connectivity index (χ3v) is 18.0. The van der Waals surface area contributed by atoms with E-state index in [2.05, 4.69) is 89.4 Å². The number of hydrogen-bond donors (Lipinski definition) is 4. The van der Waals surface area contributed by atoms with Gasteiger partial charge in [-0.3, -0.25) is 24.2 Å². The van der Waals surface area contributed by atoms with Crippen molar-refractivity contribution in [3.63, 3.8) is 0 Å². The summed E-state index contributed by atoms with van der Waals surface area (Å²) < 4.78 is 24.7. The first-order chi connectivity index (χ1) is 44.5. The lowest BCUT2D eigenvalue weighted by molar-refractivity contribution is -0.144. The second kappa shape index (κ2) is 35.1. The maximum atomic E-state index is 14.1. The Morgan fingerprint density at radius 2 is 1.45 bits per heavy atom. The van der Waals surface area contributed by atoms with Crippen molar-refractivity contribution < 1.29 is 38.4 Å². The number of piperazine rings is 1. The van der Waals surface area contributed by atoms with E-state index in [0.29, 0.717) is 78.8 Å². The van der Waals surface area contributed by atoms with Gasteiger partial charge in [0.15, 0.2) is 0 Å². The van der Waals surface area contributed by atoms with Crippen LogP contribution in [0.1, 0.15) is 86.4 Å². The number of halogens is 2. The van der Waals surface area contributed by atoms with Crippen molar-refractivity contribution in [2.75, 3.05) is 118 Å². The Labute approximate surface area is 554 Å². The SMILES string of the molecule is Cc1ncsc1-c1ccc(CNC(=O)[C@@H]2C[C@@H](O)CN2C(=O)[C@@H](NC(=O)CCCc2cn(CCOCCOCCOCCOCCN(C)CCCNc3nc(CN4CCN(C(c5ccc(Cl)cc5)c5ccc(Cl)cc5)CC4)nc4ccccc34)nn2)C(C)(C)C)cc1. The molecular formula is C68H89Cl2N13O8S. The van der Waals surface area contributed by atoms with Crippen LogP contribution in [0, 0.1) is 12.3 Å². The van der Waals surface area contributed by atoms with E-state index in [1.165, 1.54) is 16.0 Å². The quantitative estimate of drug-likeness (QED) is 0.0273. The van der Waals surface area contributed by atoms with Crippen molar-refractivity contribution in [3.8, 4) is 10.4 Å². The number of aliphatic hydroxyl groups is 1. The number of likely N-dealkylation sites (tertiary alicyclic amines) is 1. The van der Waals surface area contributed by atoms with Gasteiger partial charge in [-0.05, 0) is 104 Å². The van der Waals surface area contributed by atoms with Gasteiger partial charge in [-0.1, -0.05) is 110 Å². The second-order valence-electron chi connectivity index (χ2n) is 24.6. The molecule has 494 valence electrons. The number of aliphatic hydroxyl groups excluding tert-OH is 1. The number of thiazole rings is 1. The molecule has 4 aromatic carbocycles. The molecule has 2 fully saturated rings. The van der Waals surface area contributed by atoms with Crippen molar-refractivity contribution in [3.05, 3.63) is 153 Å². The number of likely N-dealkylation sites (N-methyl/N-ethyl adjacent to an activating group) is 1. The fourth-order valence-corrected chi connectivity index (χ4v) is 12.5. The van der Waals surface area contributed by atoms with Crippen LogP contribution in [0.15, 0.2) is 109 Å². The van der Waals surface area contributed by atoms with Crippen molar-refractivity contribution in [2.45, 2.75) is 104 Å². The standard InChI is InChI=1S/C68H89Cl2N13O8S/c1-48-63(92-47-73-48)52-16-14-49(15-17-52)43-72-66(86)59-42-56(84)45-83(59)67(87)64(68(2,3)4)76-61(85)13-8-10-55-44-82(78-77-55)33-35-89-37-39-91-41-40-90-38-36-88-34-32-79(5)27-9-26-71-65-57-11-6-7-12-58(57)74-60(75-65)46-80-28-30-81(31-29-80)62(50-18-22-53(69)23-19-50)51-20-24-54(70)25-21-51/h6-7,11-12,14-25,44,47,56,59,62,64,84H,8-10,13,26-43,45-46H2,1-5H3,(H,72,86)(H,76,85)(H,71,74,75)/t56-,59+,64-/m1/s1. The fourth-order valence-electron chi connectivity index (χ4n) is 11.4. The van der Waals surface area contributed by atoms with Gasteiger partial charge in [0.1, 0.15) is 23.7 Å². The molecule has 21 nitrogen and oxygen atoms in total. The number of hydrogen-bond acceptors (Lipinski definition) is 18. The Morgan fingerprint density at radius 3 is 2.10 bits per heavy atom. The van der Waals surface area contributed by atoms with Gasteiger partial charge in [0, 0.05) is 86.8 Å². The van der Waals surface area contributed by atoms with Crippen LogP contribution in [0.25, 0.3) is 21.3 Å². The van der Waals surface area contributed by atoms with Gasteiger partial charge in [0.25, 0.3) is 0 Å². The van der Waals surface area contributed by atoms with Crippen LogP contribution in [0.4, 0.5) is 5.82 Å². The molecule has 0 saturated carbocycles. The maximum absolute atomic E-state index is 14.1. The topological polar surface area (TPSA) is 227 Å². The van der Waals surface area contributed by atoms with Gasteiger partial charge < -0.3 is 49.8 Å². The largest absolute Gasteiger partial charge is 0.391 e. The first-order valence-electron chi connectivity index (χ1n) is 31.9. The molecule has 0 unspecified atom stereocenters. The molecule has 24 heteroatoms. The minimum atomic E-state index is -0.911. The van der Waals surface area contributed by atoms with E-state index >= 15 is 0 Å². The number of amides is 3. The number of para-hydroxylation sites is 1. The Hall–Kier alpha value is -6.54. The average Bonchev–Trinajstić information content (AvgIpc) is 1.14. The summed E-state index contributed by atoms with van der Waals surface area (Å²) in [5.41, 5.74) is 8.17. The highest BCUT2D eigenvalue weighted by Gasteiger charge is 2.44. The zero-order chi connectivity index (χ0) is 64.8. The number of aryl methyl sites for hydroxylation is 2. The summed E-state index contributed by atoms with van der Waals surface area (Å²) in [5, 5.41) is 31.1. The van der Waals surface area contributed by atoms with Crippen molar-refractivity contribution >= 4 is 69.0 Å². The molecule has 2 aliphatic rings. The number of aromatic nitrogens is 6. The molecule has 0 radical (unpaired) electrons. The normalized spacial score (nSPS) is 16.0. The van der Waals surface area contributed by atoms with Crippen molar-refractivity contribution in [1.82, 2.24) is 60.2 Å². The molecule has 3 aromatic heterocycles. The summed E-state index contributed by atoms with van der Waals surface area (Å²) in [7, 11) is 2.11. The maximum Gasteiger partial charge on any atom is 0.246 e. The van der Waals surface area contributed by atoms with Crippen LogP contribution in [0.3, 0.4) is 0 Å². The molecule has 3 amide bonds. The number of rotatable bonds is 35. The Bertz CT molecular complexity index is 3370. The minimum absolute atomic E-state index is 0.00356. The number of carbonyl (C=O) groups excluding carboxylic acids is 3. The third-order valence-electron chi connectivity index (χ3n) is 16.5. The molecular weight excluding hydrogens is 1230 g/mol. The van der Waals surface area contributed by atoms with E-state index in [0.717, 1.165) is 112 Å². The number of carbonyl (C=O) groups is 3. The van der Waals surface area contributed by atoms with Crippen LogP contribution < -0.4 is 16.0 Å². The average molecular weight is 1320 g/mol. The van der Waals surface area contributed by atoms with Crippen LogP contribution in [-0.4, -0.2) is 203 Å². The zero-order valence-corrected chi connectivity index (χ0v) is 55.9. The summed E-state index contributed by atoms with van der Waals surface area (Å²) >= 11 is 14.1. The number of nitrogens with zero attached hydrogens (tertiary/aromatic N) is 10. The molecule has 5 heterocycles. The summed E-state index contributed by atoms with van der Waals surface area (Å²) in [6.45, 7) is 18.9. The molecule has 0 spiro atoms. The van der Waals surface area contributed by atoms with Crippen molar-refractivity contribution in [1.29, 1.82) is 0 Å². The van der Waals surface area contributed by atoms with Crippen LogP contribution in [0.2, 0.25) is 10.0 Å². The predicted octanol–water partition coefficient (Wildman–Crippen LogP) is 8.50. The predicted molar refractivity (Wildman–Crippen MR) is 360 cm³/mol. The van der Waals surface area contributed by atoms with E-state index in [9.17, 15) is 19.5 Å². The first kappa shape index (κ1) is 69.8. The van der Waals surface area contributed by atoms with Gasteiger partial charge in [-0.15, -0.1) is 16.4 Å². The molecule has 7 aromatic rings. The summed E-state index contributed by atoms with van der Waals surface area (Å²) in [6.07, 6.45) is 3.21. The van der Waals surface area contributed by atoms with Crippen LogP contribution in [-0.2, 0) is 59.4 Å². The molecule has 9 rings (SSSR count). The molecule has 0 aliphatic carbocycles.